The lowest BCUT2D eigenvalue weighted by atomic mass is 10.3. The molecule has 0 saturated heterocycles. The van der Waals surface area contributed by atoms with Crippen molar-refractivity contribution in [2.45, 2.75) is 32.8 Å². The molecule has 0 spiro atoms. The highest BCUT2D eigenvalue weighted by atomic mass is 16.5. The van der Waals surface area contributed by atoms with E-state index in [1.807, 2.05) is 0 Å². The molecule has 0 aliphatic rings. The summed E-state index contributed by atoms with van der Waals surface area (Å²) in [5.74, 6) is -1.23. The van der Waals surface area contributed by atoms with E-state index in [2.05, 4.69) is 16.6 Å². The topological polar surface area (TPSA) is 81.7 Å². The van der Waals surface area contributed by atoms with E-state index in [1.165, 1.54) is 0 Å². The zero-order chi connectivity index (χ0) is 14.0. The smallest absolute Gasteiger partial charge is 0.330 e. The molecule has 6 heteroatoms. The number of nitrogens with one attached hydrogen (secondary N) is 1. The van der Waals surface area contributed by atoms with E-state index in [0.29, 0.717) is 0 Å². The van der Waals surface area contributed by atoms with Crippen molar-refractivity contribution in [2.24, 2.45) is 0 Å². The van der Waals surface area contributed by atoms with Crippen LogP contribution in [-0.2, 0) is 23.9 Å². The first-order valence-corrected chi connectivity index (χ1v) is 5.71. The highest BCUT2D eigenvalue weighted by molar-refractivity contribution is 5.82. The second-order valence-electron chi connectivity index (χ2n) is 3.76. The summed E-state index contributed by atoms with van der Waals surface area (Å²) in [6.45, 7) is 7.00. The van der Waals surface area contributed by atoms with Gasteiger partial charge in [-0.1, -0.05) is 6.58 Å². The fraction of sp³-hybridized carbons (Fsp3) is 0.583. The van der Waals surface area contributed by atoms with Crippen molar-refractivity contribution < 1.29 is 23.9 Å². The molecule has 1 N–H and O–H groups in total. The molecule has 0 fully saturated rings. The van der Waals surface area contributed by atoms with E-state index in [4.69, 9.17) is 4.74 Å². The SMILES string of the molecule is C=CC(=O)OCCNC(=O)CCC(=O)OC(C)C. The Labute approximate surface area is 106 Å². The van der Waals surface area contributed by atoms with Crippen LogP contribution in [0.2, 0.25) is 0 Å². The Morgan fingerprint density at radius 3 is 2.50 bits per heavy atom. The van der Waals surface area contributed by atoms with Crippen LogP contribution >= 0.6 is 0 Å². The van der Waals surface area contributed by atoms with Crippen molar-refractivity contribution in [3.8, 4) is 0 Å². The molecule has 0 atom stereocenters. The van der Waals surface area contributed by atoms with Crippen LogP contribution in [0.5, 0.6) is 0 Å². The van der Waals surface area contributed by atoms with Crippen molar-refractivity contribution >= 4 is 17.8 Å². The maximum absolute atomic E-state index is 11.3. The van der Waals surface area contributed by atoms with Crippen LogP contribution in [0.4, 0.5) is 0 Å². The van der Waals surface area contributed by atoms with Crippen molar-refractivity contribution in [2.75, 3.05) is 13.2 Å². The quantitative estimate of drug-likeness (QED) is 0.390. The van der Waals surface area contributed by atoms with Gasteiger partial charge in [0, 0.05) is 12.5 Å². The molecule has 18 heavy (non-hydrogen) atoms. The third kappa shape index (κ3) is 9.38. The van der Waals surface area contributed by atoms with Gasteiger partial charge in [-0.25, -0.2) is 4.79 Å². The minimum atomic E-state index is -0.537. The summed E-state index contributed by atoms with van der Waals surface area (Å²) in [6.07, 6.45) is 0.958. The summed E-state index contributed by atoms with van der Waals surface area (Å²) in [5.41, 5.74) is 0. The van der Waals surface area contributed by atoms with E-state index < -0.39 is 11.9 Å². The van der Waals surface area contributed by atoms with Crippen LogP contribution in [0.25, 0.3) is 0 Å². The molecule has 0 unspecified atom stereocenters. The van der Waals surface area contributed by atoms with E-state index >= 15 is 0 Å². The lowest BCUT2D eigenvalue weighted by molar-refractivity contribution is -0.148. The van der Waals surface area contributed by atoms with Gasteiger partial charge in [0.1, 0.15) is 6.61 Å². The van der Waals surface area contributed by atoms with Crippen LogP contribution < -0.4 is 5.32 Å². The molecule has 0 aromatic heterocycles. The Hall–Kier alpha value is -1.85. The van der Waals surface area contributed by atoms with Gasteiger partial charge in [0.15, 0.2) is 0 Å². The molecule has 0 aromatic carbocycles. The molecule has 6 nitrogen and oxygen atoms in total. The molecule has 0 heterocycles. The van der Waals surface area contributed by atoms with Gasteiger partial charge in [-0.3, -0.25) is 9.59 Å². The molecule has 0 aliphatic heterocycles. The second kappa shape index (κ2) is 9.21. The van der Waals surface area contributed by atoms with Crippen molar-refractivity contribution in [3.05, 3.63) is 12.7 Å². The van der Waals surface area contributed by atoms with Gasteiger partial charge in [0.05, 0.1) is 19.1 Å². The number of rotatable bonds is 8. The second-order valence-corrected chi connectivity index (χ2v) is 3.76. The Bertz CT molecular complexity index is 312. The third-order valence-corrected chi connectivity index (χ3v) is 1.76. The normalized spacial score (nSPS) is 9.72. The predicted octanol–water partition coefficient (Wildman–Crippen LogP) is 0.564. The first-order chi connectivity index (χ1) is 8.45. The standard InChI is InChI=1S/C12H19NO5/c1-4-11(15)17-8-7-13-10(14)5-6-12(16)18-9(2)3/h4,9H,1,5-8H2,2-3H3,(H,13,14). The third-order valence-electron chi connectivity index (χ3n) is 1.76. The Kier molecular flexibility index (Phi) is 8.26. The molecular formula is C12H19NO5. The van der Waals surface area contributed by atoms with Gasteiger partial charge in [-0.2, -0.15) is 0 Å². The maximum atomic E-state index is 11.3. The first-order valence-electron chi connectivity index (χ1n) is 5.71. The van der Waals surface area contributed by atoms with E-state index in [1.54, 1.807) is 13.8 Å². The Morgan fingerprint density at radius 1 is 1.28 bits per heavy atom. The largest absolute Gasteiger partial charge is 0.463 e. The molecule has 0 saturated carbocycles. The molecule has 0 aromatic rings. The van der Waals surface area contributed by atoms with Gasteiger partial charge < -0.3 is 14.8 Å². The minimum absolute atomic E-state index is 0.0382. The number of hydrogen-bond donors (Lipinski definition) is 1. The number of carbonyl (C=O) groups is 3. The zero-order valence-corrected chi connectivity index (χ0v) is 10.7. The summed E-state index contributed by atoms with van der Waals surface area (Å²) in [6, 6.07) is 0. The number of esters is 2. The number of ether oxygens (including phenoxy) is 2. The number of amides is 1. The average molecular weight is 257 g/mol. The lowest BCUT2D eigenvalue weighted by Crippen LogP contribution is -2.28. The molecule has 0 bridgehead atoms. The Balaban J connectivity index is 3.57. The molecule has 0 rings (SSSR count). The van der Waals surface area contributed by atoms with Crippen LogP contribution in [0.3, 0.4) is 0 Å². The predicted molar refractivity (Wildman–Crippen MR) is 64.6 cm³/mol. The first kappa shape index (κ1) is 16.1. The Morgan fingerprint density at radius 2 is 1.94 bits per heavy atom. The zero-order valence-electron chi connectivity index (χ0n) is 10.7. The highest BCUT2D eigenvalue weighted by Gasteiger charge is 2.09. The van der Waals surface area contributed by atoms with E-state index in [-0.39, 0.29) is 38.0 Å². The average Bonchev–Trinajstić information content (AvgIpc) is 2.30. The van der Waals surface area contributed by atoms with Gasteiger partial charge in [0.2, 0.25) is 5.91 Å². The lowest BCUT2D eigenvalue weighted by Gasteiger charge is -2.08. The molecule has 102 valence electrons. The molecule has 0 radical (unpaired) electrons. The number of carbonyl (C=O) groups excluding carboxylic acids is 3. The molecular weight excluding hydrogens is 238 g/mol. The van der Waals surface area contributed by atoms with Crippen LogP contribution in [0.1, 0.15) is 26.7 Å². The fourth-order valence-electron chi connectivity index (χ4n) is 1.03. The van der Waals surface area contributed by atoms with E-state index in [9.17, 15) is 14.4 Å². The fourth-order valence-corrected chi connectivity index (χ4v) is 1.03. The van der Waals surface area contributed by atoms with Crippen LogP contribution in [0.15, 0.2) is 12.7 Å². The molecule has 0 aliphatic carbocycles. The minimum Gasteiger partial charge on any atom is -0.463 e. The van der Waals surface area contributed by atoms with Gasteiger partial charge >= 0.3 is 11.9 Å². The number of hydrogen-bond acceptors (Lipinski definition) is 5. The van der Waals surface area contributed by atoms with Crippen molar-refractivity contribution in [1.82, 2.24) is 5.32 Å². The highest BCUT2D eigenvalue weighted by Crippen LogP contribution is 1.96. The van der Waals surface area contributed by atoms with Gasteiger partial charge in [0.25, 0.3) is 0 Å². The summed E-state index contributed by atoms with van der Waals surface area (Å²) in [5, 5.41) is 2.51. The van der Waals surface area contributed by atoms with Gasteiger partial charge in [-0.05, 0) is 13.8 Å². The van der Waals surface area contributed by atoms with Crippen molar-refractivity contribution in [1.29, 1.82) is 0 Å². The summed E-state index contributed by atoms with van der Waals surface area (Å²) >= 11 is 0. The summed E-state index contributed by atoms with van der Waals surface area (Å²) in [4.78, 5) is 33.1. The maximum Gasteiger partial charge on any atom is 0.330 e. The monoisotopic (exact) mass is 257 g/mol. The molecule has 1 amide bonds. The van der Waals surface area contributed by atoms with Crippen LogP contribution in [-0.4, -0.2) is 37.1 Å². The van der Waals surface area contributed by atoms with Gasteiger partial charge in [-0.15, -0.1) is 0 Å². The van der Waals surface area contributed by atoms with Crippen LogP contribution in [0, 0.1) is 0 Å². The summed E-state index contributed by atoms with van der Waals surface area (Å²) < 4.78 is 9.53. The van der Waals surface area contributed by atoms with Crippen molar-refractivity contribution in [3.63, 3.8) is 0 Å². The van der Waals surface area contributed by atoms with E-state index in [0.717, 1.165) is 6.08 Å². The summed E-state index contributed by atoms with van der Waals surface area (Å²) in [7, 11) is 0.